The van der Waals surface area contributed by atoms with E-state index in [4.69, 9.17) is 9.97 Å². The van der Waals surface area contributed by atoms with Gasteiger partial charge in [-0.2, -0.15) is 0 Å². The van der Waals surface area contributed by atoms with Crippen molar-refractivity contribution >= 4 is 11.0 Å². The van der Waals surface area contributed by atoms with Crippen LogP contribution in [0.3, 0.4) is 0 Å². The number of phenols is 1. The molecular formula is C44H48N3OPt-. The summed E-state index contributed by atoms with van der Waals surface area (Å²) in [6.45, 7) is 24.6. The fourth-order valence-corrected chi connectivity index (χ4v) is 6.67. The third-order valence-electron chi connectivity index (χ3n) is 9.14. The SMILES string of the molecule is Cc1cc(C)cc(-n2c(-c3ccccc3O)nc3c(-c4[c-]c(-c5cc(C(C)(C)C)ccn5)c(C(C)(C)C)cc4C(C)(C)C)cccc32)c1.[Pt]. The largest absolute Gasteiger partial charge is 0.507 e. The molecule has 0 saturated heterocycles. The Bertz CT molecular complexity index is 2150. The van der Waals surface area contributed by atoms with E-state index in [9.17, 15) is 5.11 Å². The van der Waals surface area contributed by atoms with Crippen molar-refractivity contribution in [3.63, 3.8) is 0 Å². The zero-order valence-corrected chi connectivity index (χ0v) is 33.0. The number of aryl methyl sites for hydroxylation is 2. The van der Waals surface area contributed by atoms with Crippen molar-refractivity contribution in [2.75, 3.05) is 0 Å². The molecule has 256 valence electrons. The predicted octanol–water partition coefficient (Wildman–Crippen LogP) is 11.4. The second-order valence-corrected chi connectivity index (χ2v) is 16.3. The summed E-state index contributed by atoms with van der Waals surface area (Å²) in [4.78, 5) is 10.3. The van der Waals surface area contributed by atoms with Crippen molar-refractivity contribution in [2.24, 2.45) is 0 Å². The first kappa shape index (κ1) is 36.3. The van der Waals surface area contributed by atoms with Gasteiger partial charge in [0, 0.05) is 38.6 Å². The van der Waals surface area contributed by atoms with Gasteiger partial charge in [0.15, 0.2) is 0 Å². The van der Waals surface area contributed by atoms with E-state index in [1.807, 2.05) is 24.4 Å². The first-order chi connectivity index (χ1) is 22.4. The first-order valence-electron chi connectivity index (χ1n) is 16.9. The van der Waals surface area contributed by atoms with Crippen LogP contribution in [-0.2, 0) is 37.3 Å². The average molecular weight is 830 g/mol. The van der Waals surface area contributed by atoms with Crippen LogP contribution in [0.4, 0.5) is 0 Å². The Morgan fingerprint density at radius 3 is 1.88 bits per heavy atom. The molecule has 0 amide bonds. The number of rotatable bonds is 4. The number of para-hydroxylation sites is 2. The van der Waals surface area contributed by atoms with Crippen molar-refractivity contribution in [1.82, 2.24) is 14.5 Å². The van der Waals surface area contributed by atoms with Gasteiger partial charge in [-0.1, -0.05) is 110 Å². The molecule has 4 aromatic carbocycles. The van der Waals surface area contributed by atoms with Gasteiger partial charge >= 0.3 is 0 Å². The van der Waals surface area contributed by atoms with Crippen LogP contribution in [-0.4, -0.2) is 19.6 Å². The van der Waals surface area contributed by atoms with Crippen LogP contribution in [0.15, 0.2) is 85.1 Å². The number of imidazole rings is 1. The van der Waals surface area contributed by atoms with Gasteiger partial charge in [-0.15, -0.1) is 28.8 Å². The third kappa shape index (κ3) is 7.04. The van der Waals surface area contributed by atoms with Gasteiger partial charge in [-0.05, 0) is 83.2 Å². The number of aromatic hydroxyl groups is 1. The molecule has 0 aliphatic heterocycles. The molecule has 0 saturated carbocycles. The monoisotopic (exact) mass is 829 g/mol. The summed E-state index contributed by atoms with van der Waals surface area (Å²) in [5.41, 5.74) is 13.2. The summed E-state index contributed by atoms with van der Waals surface area (Å²) in [6, 6.07) is 31.1. The number of pyridine rings is 1. The Kier molecular flexibility index (Phi) is 9.65. The normalized spacial score (nSPS) is 12.3. The van der Waals surface area contributed by atoms with E-state index in [1.165, 1.54) is 27.8 Å². The van der Waals surface area contributed by atoms with E-state index in [0.29, 0.717) is 11.4 Å². The van der Waals surface area contributed by atoms with Crippen LogP contribution in [0, 0.1) is 19.9 Å². The van der Waals surface area contributed by atoms with Crippen molar-refractivity contribution in [1.29, 1.82) is 0 Å². The fraction of sp³-hybridized carbons (Fsp3) is 0.318. The van der Waals surface area contributed by atoms with E-state index in [1.54, 1.807) is 6.07 Å². The number of fused-ring (bicyclic) bond motifs is 1. The number of hydrogen-bond donors (Lipinski definition) is 1. The van der Waals surface area contributed by atoms with Crippen molar-refractivity contribution < 1.29 is 26.2 Å². The number of benzene rings is 4. The molecule has 0 radical (unpaired) electrons. The first-order valence-corrected chi connectivity index (χ1v) is 16.9. The standard InChI is InChI=1S/C44H48N3O.Pt/c1-27-21-28(2)23-30(22-27)47-38-17-14-16-31(40(38)46-41(47)32-15-12-13-18-39(32)48)33-25-34(37-24-29(19-20-45-37)42(3,4)5)36(44(9,10)11)26-35(33)43(6,7)8;/h12-24,26,48H,1-11H3;/q-1;. The van der Waals surface area contributed by atoms with E-state index < -0.39 is 0 Å². The van der Waals surface area contributed by atoms with E-state index in [0.717, 1.165) is 39.1 Å². The Labute approximate surface area is 306 Å². The van der Waals surface area contributed by atoms with Crippen LogP contribution < -0.4 is 0 Å². The maximum Gasteiger partial charge on any atom is 0.148 e. The number of phenolic OH excluding ortho intramolecular Hbond substituents is 1. The maximum atomic E-state index is 11.1. The van der Waals surface area contributed by atoms with E-state index >= 15 is 0 Å². The second-order valence-electron chi connectivity index (χ2n) is 16.3. The summed E-state index contributed by atoms with van der Waals surface area (Å²) in [7, 11) is 0. The predicted molar refractivity (Wildman–Crippen MR) is 201 cm³/mol. The molecule has 0 fully saturated rings. The molecule has 2 aromatic heterocycles. The summed E-state index contributed by atoms with van der Waals surface area (Å²) >= 11 is 0. The Balaban J connectivity index is 0.00000468. The smallest absolute Gasteiger partial charge is 0.148 e. The number of aromatic nitrogens is 3. The van der Waals surface area contributed by atoms with Gasteiger partial charge in [0.2, 0.25) is 0 Å². The molecule has 0 atom stereocenters. The molecule has 0 aliphatic rings. The van der Waals surface area contributed by atoms with Gasteiger partial charge in [-0.25, -0.2) is 4.98 Å². The number of nitrogens with zero attached hydrogens (tertiary/aromatic N) is 3. The number of hydrogen-bond acceptors (Lipinski definition) is 3. The van der Waals surface area contributed by atoms with Crippen LogP contribution >= 0.6 is 0 Å². The van der Waals surface area contributed by atoms with E-state index in [2.05, 4.69) is 141 Å². The van der Waals surface area contributed by atoms with Crippen molar-refractivity contribution in [3.05, 3.63) is 119 Å². The molecule has 5 heteroatoms. The summed E-state index contributed by atoms with van der Waals surface area (Å²) in [6.07, 6.45) is 1.93. The Hall–Kier alpha value is -4.01. The molecule has 49 heavy (non-hydrogen) atoms. The van der Waals surface area contributed by atoms with Crippen molar-refractivity contribution in [3.8, 4) is 45.2 Å². The van der Waals surface area contributed by atoms with Gasteiger partial charge < -0.3 is 5.11 Å². The van der Waals surface area contributed by atoms with E-state index in [-0.39, 0.29) is 43.1 Å². The minimum atomic E-state index is -0.177. The molecule has 6 aromatic rings. The molecule has 0 unspecified atom stereocenters. The fourth-order valence-electron chi connectivity index (χ4n) is 6.67. The maximum absolute atomic E-state index is 11.1. The molecule has 6 rings (SSSR count). The Morgan fingerprint density at radius 2 is 1.27 bits per heavy atom. The molecule has 4 nitrogen and oxygen atoms in total. The summed E-state index contributed by atoms with van der Waals surface area (Å²) in [5, 5.41) is 11.1. The third-order valence-corrected chi connectivity index (χ3v) is 9.14. The second kappa shape index (κ2) is 13.0. The molecule has 0 aliphatic carbocycles. The zero-order chi connectivity index (χ0) is 34.8. The summed E-state index contributed by atoms with van der Waals surface area (Å²) < 4.78 is 2.18. The van der Waals surface area contributed by atoms with Crippen molar-refractivity contribution in [2.45, 2.75) is 92.4 Å². The van der Waals surface area contributed by atoms with Gasteiger partial charge in [0.1, 0.15) is 11.6 Å². The minimum absolute atomic E-state index is 0. The molecule has 1 N–H and O–H groups in total. The van der Waals surface area contributed by atoms with Crippen LogP contribution in [0.1, 0.15) is 90.1 Å². The molecule has 0 spiro atoms. The van der Waals surface area contributed by atoms with Crippen LogP contribution in [0.2, 0.25) is 0 Å². The average Bonchev–Trinajstić information content (AvgIpc) is 3.38. The summed E-state index contributed by atoms with van der Waals surface area (Å²) in [5.74, 6) is 0.896. The minimum Gasteiger partial charge on any atom is -0.507 e. The zero-order valence-electron chi connectivity index (χ0n) is 30.7. The Morgan fingerprint density at radius 1 is 0.653 bits per heavy atom. The van der Waals surface area contributed by atoms with Gasteiger partial charge in [0.25, 0.3) is 0 Å². The quantitative estimate of drug-likeness (QED) is 0.180. The molecular weight excluding hydrogens is 782 g/mol. The van der Waals surface area contributed by atoms with Gasteiger partial charge in [-0.3, -0.25) is 9.55 Å². The topological polar surface area (TPSA) is 50.9 Å². The van der Waals surface area contributed by atoms with Gasteiger partial charge in [0.05, 0.1) is 16.6 Å². The van der Waals surface area contributed by atoms with Crippen LogP contribution in [0.25, 0.3) is 50.5 Å². The molecule has 0 bridgehead atoms. The van der Waals surface area contributed by atoms with Crippen LogP contribution in [0.5, 0.6) is 5.75 Å². The molecule has 2 heterocycles.